The summed E-state index contributed by atoms with van der Waals surface area (Å²) < 4.78 is 8.86. The van der Waals surface area contributed by atoms with E-state index in [0.717, 1.165) is 31.2 Å². The van der Waals surface area contributed by atoms with Gasteiger partial charge in [0.2, 0.25) is 0 Å². The molecule has 3 aromatic rings. The summed E-state index contributed by atoms with van der Waals surface area (Å²) in [5.41, 5.74) is 1.28. The lowest BCUT2D eigenvalue weighted by Gasteiger charge is -2.25. The van der Waals surface area contributed by atoms with Crippen molar-refractivity contribution in [3.8, 4) is 16.5 Å². The molecule has 3 heterocycles. The number of thiophene rings is 1. The van der Waals surface area contributed by atoms with Gasteiger partial charge in [0.25, 0.3) is 0 Å². The minimum absolute atomic E-state index is 0.604. The summed E-state index contributed by atoms with van der Waals surface area (Å²) >= 11 is 1.79. The first kappa shape index (κ1) is 14.5. The molecule has 0 atom stereocenters. The Hall–Kier alpha value is -2.08. The van der Waals surface area contributed by atoms with E-state index in [1.54, 1.807) is 18.4 Å². The number of hydrogen-bond donors (Lipinski definition) is 0. The van der Waals surface area contributed by atoms with Crippen LogP contribution in [0.5, 0.6) is 5.75 Å². The predicted molar refractivity (Wildman–Crippen MR) is 94.4 cm³/mol. The molecule has 0 fully saturated rings. The van der Waals surface area contributed by atoms with Gasteiger partial charge in [-0.25, -0.2) is 0 Å². The van der Waals surface area contributed by atoms with E-state index in [4.69, 9.17) is 4.74 Å². The fourth-order valence-electron chi connectivity index (χ4n) is 3.21. The molecule has 1 aliphatic heterocycles. The van der Waals surface area contributed by atoms with Gasteiger partial charge in [0, 0.05) is 29.7 Å². The van der Waals surface area contributed by atoms with E-state index in [0.29, 0.717) is 5.92 Å². The van der Waals surface area contributed by atoms with Crippen molar-refractivity contribution in [1.29, 1.82) is 0 Å². The van der Waals surface area contributed by atoms with Gasteiger partial charge >= 0.3 is 0 Å². The van der Waals surface area contributed by atoms with Gasteiger partial charge in [0.05, 0.1) is 17.7 Å². The summed E-state index contributed by atoms with van der Waals surface area (Å²) in [5, 5.41) is 9.74. The number of nitrogens with zero attached hydrogens (tertiary/aromatic N) is 4. The molecule has 1 aromatic carbocycles. The largest absolute Gasteiger partial charge is 0.497 e. The Morgan fingerprint density at radius 2 is 2.17 bits per heavy atom. The van der Waals surface area contributed by atoms with E-state index in [2.05, 4.69) is 45.6 Å². The van der Waals surface area contributed by atoms with Gasteiger partial charge in [-0.3, -0.25) is 0 Å². The Morgan fingerprint density at radius 1 is 1.30 bits per heavy atom. The smallest absolute Gasteiger partial charge is 0.176 e. The number of ether oxygens (including phenoxy) is 1. The van der Waals surface area contributed by atoms with E-state index >= 15 is 0 Å². The van der Waals surface area contributed by atoms with Crippen molar-refractivity contribution < 1.29 is 4.74 Å². The molecule has 2 aromatic heterocycles. The highest BCUT2D eigenvalue weighted by molar-refractivity contribution is 7.23. The van der Waals surface area contributed by atoms with Crippen LogP contribution in [-0.4, -0.2) is 35.0 Å². The number of methoxy groups -OCH3 is 1. The van der Waals surface area contributed by atoms with Gasteiger partial charge in [-0.1, -0.05) is 13.8 Å². The van der Waals surface area contributed by atoms with E-state index in [1.165, 1.54) is 20.7 Å². The van der Waals surface area contributed by atoms with Crippen LogP contribution >= 0.6 is 11.3 Å². The summed E-state index contributed by atoms with van der Waals surface area (Å²) in [7, 11) is 1.72. The van der Waals surface area contributed by atoms with Crippen molar-refractivity contribution in [2.45, 2.75) is 20.4 Å². The maximum atomic E-state index is 5.44. The molecule has 1 aliphatic rings. The van der Waals surface area contributed by atoms with Crippen molar-refractivity contribution in [1.82, 2.24) is 14.8 Å². The number of aromatic nitrogens is 3. The molecule has 0 aliphatic carbocycles. The minimum atomic E-state index is 0.604. The van der Waals surface area contributed by atoms with E-state index in [9.17, 15) is 0 Å². The molecule has 6 heteroatoms. The molecule has 0 unspecified atom stereocenters. The number of rotatable bonds is 3. The van der Waals surface area contributed by atoms with Crippen LogP contribution in [0.25, 0.3) is 20.8 Å². The Labute approximate surface area is 139 Å². The van der Waals surface area contributed by atoms with Gasteiger partial charge in [0.15, 0.2) is 5.82 Å². The zero-order valence-corrected chi connectivity index (χ0v) is 14.4. The van der Waals surface area contributed by atoms with Crippen LogP contribution in [0.4, 0.5) is 5.69 Å². The van der Waals surface area contributed by atoms with Gasteiger partial charge in [0.1, 0.15) is 12.1 Å². The van der Waals surface area contributed by atoms with E-state index in [1.807, 2.05) is 12.4 Å². The van der Waals surface area contributed by atoms with E-state index < -0.39 is 0 Å². The van der Waals surface area contributed by atoms with Crippen LogP contribution in [0.3, 0.4) is 0 Å². The normalized spacial score (nSPS) is 14.0. The molecule has 0 bridgehead atoms. The molecule has 0 saturated heterocycles. The summed E-state index contributed by atoms with van der Waals surface area (Å²) in [6.45, 7) is 7.45. The Morgan fingerprint density at radius 3 is 2.96 bits per heavy atom. The maximum absolute atomic E-state index is 5.44. The lowest BCUT2D eigenvalue weighted by Crippen LogP contribution is -2.29. The number of anilines is 1. The zero-order chi connectivity index (χ0) is 16.0. The van der Waals surface area contributed by atoms with E-state index in [-0.39, 0.29) is 0 Å². The Balaban J connectivity index is 1.97. The molecule has 23 heavy (non-hydrogen) atoms. The van der Waals surface area contributed by atoms with Crippen LogP contribution in [-0.2, 0) is 6.54 Å². The summed E-state index contributed by atoms with van der Waals surface area (Å²) in [4.78, 5) is 3.70. The van der Waals surface area contributed by atoms with Crippen LogP contribution in [0.15, 0.2) is 24.5 Å². The fraction of sp³-hybridized carbons (Fsp3) is 0.412. The third-order valence-electron chi connectivity index (χ3n) is 4.20. The quantitative estimate of drug-likeness (QED) is 0.736. The Kier molecular flexibility index (Phi) is 3.49. The van der Waals surface area contributed by atoms with Crippen LogP contribution in [0.2, 0.25) is 0 Å². The number of fused-ring (bicyclic) bond motifs is 5. The summed E-state index contributed by atoms with van der Waals surface area (Å²) in [5.74, 6) is 2.48. The number of hydrogen-bond acceptors (Lipinski definition) is 5. The van der Waals surface area contributed by atoms with Crippen LogP contribution in [0, 0.1) is 5.92 Å². The second-order valence-electron chi connectivity index (χ2n) is 6.33. The first-order valence-electron chi connectivity index (χ1n) is 7.91. The van der Waals surface area contributed by atoms with Gasteiger partial charge in [-0.05, 0) is 24.1 Å². The molecule has 0 saturated carbocycles. The molecular weight excluding hydrogens is 308 g/mol. The van der Waals surface area contributed by atoms with Crippen LogP contribution < -0.4 is 9.64 Å². The highest BCUT2D eigenvalue weighted by Gasteiger charge is 2.26. The van der Waals surface area contributed by atoms with Crippen molar-refractivity contribution in [3.05, 3.63) is 24.5 Å². The van der Waals surface area contributed by atoms with Crippen LogP contribution in [0.1, 0.15) is 13.8 Å². The first-order chi connectivity index (χ1) is 11.2. The zero-order valence-electron chi connectivity index (χ0n) is 13.6. The fourth-order valence-corrected chi connectivity index (χ4v) is 4.42. The molecule has 0 spiro atoms. The maximum Gasteiger partial charge on any atom is 0.176 e. The lowest BCUT2D eigenvalue weighted by atomic mass is 10.1. The third-order valence-corrected chi connectivity index (χ3v) is 5.36. The molecular formula is C17H20N4OS. The Bertz CT molecular complexity index is 852. The molecule has 120 valence electrons. The van der Waals surface area contributed by atoms with Gasteiger partial charge in [-0.15, -0.1) is 21.5 Å². The molecule has 0 radical (unpaired) electrons. The highest BCUT2D eigenvalue weighted by Crippen LogP contribution is 2.46. The van der Waals surface area contributed by atoms with Gasteiger partial charge < -0.3 is 14.2 Å². The lowest BCUT2D eigenvalue weighted by molar-refractivity contribution is 0.415. The first-order valence-corrected chi connectivity index (χ1v) is 8.72. The topological polar surface area (TPSA) is 43.2 Å². The minimum Gasteiger partial charge on any atom is -0.497 e. The molecule has 4 rings (SSSR count). The standard InChI is InChI=1S/C17H20N4OS/c1-11(2)9-20-6-7-21-10-18-19-17(21)16-15(20)13-8-12(22-3)4-5-14(13)23-16/h4-5,8,10-11H,6-7,9H2,1-3H3. The summed E-state index contributed by atoms with van der Waals surface area (Å²) in [6, 6.07) is 6.31. The SMILES string of the molecule is COc1ccc2sc3c(c2c1)N(CC(C)C)CCn1cnnc1-3. The van der Waals surface area contributed by atoms with Crippen molar-refractivity contribution in [3.63, 3.8) is 0 Å². The highest BCUT2D eigenvalue weighted by atomic mass is 32.1. The molecule has 0 N–H and O–H groups in total. The monoisotopic (exact) mass is 328 g/mol. The second kappa shape index (κ2) is 5.53. The average Bonchev–Trinajstić information content (AvgIpc) is 3.11. The summed E-state index contributed by atoms with van der Waals surface area (Å²) in [6.07, 6.45) is 1.84. The van der Waals surface area contributed by atoms with Crippen molar-refractivity contribution in [2.24, 2.45) is 5.92 Å². The second-order valence-corrected chi connectivity index (χ2v) is 7.38. The van der Waals surface area contributed by atoms with Crippen molar-refractivity contribution >= 4 is 27.1 Å². The third kappa shape index (κ3) is 2.37. The molecule has 0 amide bonds. The predicted octanol–water partition coefficient (Wildman–Crippen LogP) is 3.64. The molecule has 5 nitrogen and oxygen atoms in total. The number of benzene rings is 1. The van der Waals surface area contributed by atoms with Crippen molar-refractivity contribution in [2.75, 3.05) is 25.1 Å². The van der Waals surface area contributed by atoms with Gasteiger partial charge in [-0.2, -0.15) is 0 Å². The average molecular weight is 328 g/mol.